The molecule has 3 rings (SSSR count). The molecule has 1 aromatic rings. The average Bonchev–Trinajstić information content (AvgIpc) is 3.16. The number of methoxy groups -OCH3 is 1. The number of morpholine rings is 1. The fourth-order valence-corrected chi connectivity index (χ4v) is 4.16. The van der Waals surface area contributed by atoms with Gasteiger partial charge in [-0.2, -0.15) is 0 Å². The molecule has 0 aliphatic carbocycles. The van der Waals surface area contributed by atoms with Crippen molar-refractivity contribution in [3.63, 3.8) is 0 Å². The van der Waals surface area contributed by atoms with Crippen LogP contribution >= 0.6 is 0 Å². The third-order valence-electron chi connectivity index (χ3n) is 6.15. The van der Waals surface area contributed by atoms with Crippen molar-refractivity contribution >= 4 is 11.9 Å². The number of cyclic esters (lactones) is 1. The summed E-state index contributed by atoms with van der Waals surface area (Å²) in [6, 6.07) is 0. The van der Waals surface area contributed by atoms with Crippen molar-refractivity contribution in [2.75, 3.05) is 46.6 Å². The summed E-state index contributed by atoms with van der Waals surface area (Å²) in [4.78, 5) is 26.3. The molecule has 0 amide bonds. The molecule has 0 bridgehead atoms. The summed E-state index contributed by atoms with van der Waals surface area (Å²) >= 11 is 0. The van der Waals surface area contributed by atoms with E-state index in [4.69, 9.17) is 18.9 Å². The van der Waals surface area contributed by atoms with Crippen LogP contribution in [0.2, 0.25) is 0 Å². The minimum absolute atomic E-state index is 0.0466. The van der Waals surface area contributed by atoms with Crippen molar-refractivity contribution < 1.29 is 33.6 Å². The summed E-state index contributed by atoms with van der Waals surface area (Å²) in [5.41, 5.74) is 2.39. The molecule has 0 spiro atoms. The molecular formula is C23H33NO7. The Morgan fingerprint density at radius 3 is 2.71 bits per heavy atom. The van der Waals surface area contributed by atoms with Gasteiger partial charge < -0.3 is 24.1 Å². The number of ether oxygens (including phenoxy) is 4. The molecule has 172 valence electrons. The van der Waals surface area contributed by atoms with Crippen molar-refractivity contribution in [2.45, 2.75) is 46.1 Å². The first-order valence-electron chi connectivity index (χ1n) is 11.0. The molecule has 31 heavy (non-hydrogen) atoms. The molecule has 1 aromatic carbocycles. The van der Waals surface area contributed by atoms with E-state index in [0.717, 1.165) is 44.8 Å². The van der Waals surface area contributed by atoms with E-state index in [0.29, 0.717) is 42.7 Å². The summed E-state index contributed by atoms with van der Waals surface area (Å²) in [6.45, 7) is 8.47. The molecule has 1 fully saturated rings. The Labute approximate surface area is 183 Å². The maximum Gasteiger partial charge on any atom is 0.342 e. The number of nitrogens with zero attached hydrogens (tertiary/aromatic N) is 1. The zero-order valence-corrected chi connectivity index (χ0v) is 18.7. The van der Waals surface area contributed by atoms with Gasteiger partial charge in [0.05, 0.1) is 20.3 Å². The van der Waals surface area contributed by atoms with E-state index in [1.807, 2.05) is 6.92 Å². The van der Waals surface area contributed by atoms with Gasteiger partial charge in [-0.15, -0.1) is 0 Å². The van der Waals surface area contributed by atoms with Crippen molar-refractivity contribution in [2.24, 2.45) is 5.92 Å². The highest BCUT2D eigenvalue weighted by Gasteiger charge is 2.32. The van der Waals surface area contributed by atoms with Crippen molar-refractivity contribution in [3.05, 3.63) is 22.3 Å². The number of phenolic OH excluding ortho intramolecular Hbond substituents is 1. The lowest BCUT2D eigenvalue weighted by atomic mass is 9.91. The first-order chi connectivity index (χ1) is 14.9. The number of hydrogen-bond donors (Lipinski definition) is 1. The Bertz CT molecular complexity index is 802. The summed E-state index contributed by atoms with van der Waals surface area (Å²) in [6.07, 6.45) is 2.36. The fourth-order valence-electron chi connectivity index (χ4n) is 4.16. The van der Waals surface area contributed by atoms with E-state index in [1.165, 1.54) is 0 Å². The van der Waals surface area contributed by atoms with Gasteiger partial charge in [0, 0.05) is 37.2 Å². The molecule has 2 aliphatic heterocycles. The van der Waals surface area contributed by atoms with Crippen LogP contribution in [0.15, 0.2) is 0 Å². The van der Waals surface area contributed by atoms with Crippen LogP contribution in [0, 0.1) is 12.8 Å². The van der Waals surface area contributed by atoms with Gasteiger partial charge in [-0.25, -0.2) is 4.79 Å². The van der Waals surface area contributed by atoms with Gasteiger partial charge in [0.15, 0.2) is 0 Å². The quantitative estimate of drug-likeness (QED) is 0.561. The van der Waals surface area contributed by atoms with E-state index in [2.05, 4.69) is 11.8 Å². The number of carbonyl (C=O) groups is 2. The van der Waals surface area contributed by atoms with E-state index >= 15 is 0 Å². The summed E-state index contributed by atoms with van der Waals surface area (Å²) < 4.78 is 21.3. The first-order valence-corrected chi connectivity index (χ1v) is 11.0. The van der Waals surface area contributed by atoms with Crippen LogP contribution in [0.1, 0.15) is 53.2 Å². The Morgan fingerprint density at radius 1 is 1.26 bits per heavy atom. The van der Waals surface area contributed by atoms with Crippen LogP contribution in [-0.4, -0.2) is 68.5 Å². The van der Waals surface area contributed by atoms with Gasteiger partial charge in [-0.05, 0) is 37.7 Å². The number of rotatable bonds is 10. The smallest absolute Gasteiger partial charge is 0.342 e. The van der Waals surface area contributed by atoms with Crippen LogP contribution in [0.5, 0.6) is 11.5 Å². The van der Waals surface area contributed by atoms with Gasteiger partial charge in [-0.3, -0.25) is 9.69 Å². The standard InChI is InChI=1S/C23H33NO7/c1-15(5-7-19(25)30-13-10-24-8-11-29-12-9-24)4-6-17-21(26)20-18(14-31-23(20)27)16(2)22(17)28-3/h15,26H,4-14H2,1-3H3. The number of hydrogen-bond acceptors (Lipinski definition) is 8. The molecule has 0 saturated carbocycles. The number of aromatic hydroxyl groups is 1. The topological polar surface area (TPSA) is 94.5 Å². The summed E-state index contributed by atoms with van der Waals surface area (Å²) in [5.74, 6) is 0.124. The van der Waals surface area contributed by atoms with E-state index in [-0.39, 0.29) is 29.8 Å². The van der Waals surface area contributed by atoms with Crippen molar-refractivity contribution in [1.29, 1.82) is 0 Å². The number of fused-ring (bicyclic) bond motifs is 1. The zero-order chi connectivity index (χ0) is 22.4. The molecule has 0 radical (unpaired) electrons. The zero-order valence-electron chi connectivity index (χ0n) is 18.7. The third-order valence-corrected chi connectivity index (χ3v) is 6.15. The van der Waals surface area contributed by atoms with Gasteiger partial charge >= 0.3 is 11.9 Å². The molecule has 1 saturated heterocycles. The first kappa shape index (κ1) is 23.3. The lowest BCUT2D eigenvalue weighted by molar-refractivity contribution is -0.144. The summed E-state index contributed by atoms with van der Waals surface area (Å²) in [7, 11) is 1.56. The lowest BCUT2D eigenvalue weighted by Crippen LogP contribution is -2.38. The fraction of sp³-hybridized carbons (Fsp3) is 0.652. The minimum atomic E-state index is -0.493. The van der Waals surface area contributed by atoms with Gasteiger partial charge in [0.25, 0.3) is 0 Å². The second-order valence-electron chi connectivity index (χ2n) is 8.27. The van der Waals surface area contributed by atoms with Crippen LogP contribution in [-0.2, 0) is 32.0 Å². The molecule has 2 aliphatic rings. The van der Waals surface area contributed by atoms with Crippen LogP contribution in [0.25, 0.3) is 0 Å². The summed E-state index contributed by atoms with van der Waals surface area (Å²) in [5, 5.41) is 10.7. The monoisotopic (exact) mass is 435 g/mol. The second-order valence-corrected chi connectivity index (χ2v) is 8.27. The average molecular weight is 436 g/mol. The van der Waals surface area contributed by atoms with E-state index < -0.39 is 5.97 Å². The number of esters is 2. The molecule has 8 nitrogen and oxygen atoms in total. The molecule has 1 N–H and O–H groups in total. The number of carbonyl (C=O) groups excluding carboxylic acids is 2. The SMILES string of the molecule is COc1c(C)c2c(c(O)c1CCC(C)CCC(=O)OCCN1CCOCC1)C(=O)OC2. The molecule has 8 heteroatoms. The number of benzene rings is 1. The van der Waals surface area contributed by atoms with Gasteiger partial charge in [-0.1, -0.05) is 6.92 Å². The van der Waals surface area contributed by atoms with Crippen LogP contribution in [0.4, 0.5) is 0 Å². The Morgan fingerprint density at radius 2 is 2.00 bits per heavy atom. The highest BCUT2D eigenvalue weighted by atomic mass is 16.5. The Hall–Kier alpha value is -2.32. The number of phenols is 1. The highest BCUT2D eigenvalue weighted by molar-refractivity contribution is 5.98. The third kappa shape index (κ3) is 5.68. The van der Waals surface area contributed by atoms with Gasteiger partial charge in [0.2, 0.25) is 0 Å². The predicted molar refractivity (Wildman–Crippen MR) is 113 cm³/mol. The van der Waals surface area contributed by atoms with Crippen molar-refractivity contribution in [1.82, 2.24) is 4.90 Å². The Kier molecular flexibility index (Phi) is 8.15. The lowest BCUT2D eigenvalue weighted by Gasteiger charge is -2.26. The minimum Gasteiger partial charge on any atom is -0.507 e. The normalized spacial score (nSPS) is 17.2. The van der Waals surface area contributed by atoms with E-state index in [1.54, 1.807) is 7.11 Å². The highest BCUT2D eigenvalue weighted by Crippen LogP contribution is 2.42. The molecule has 2 heterocycles. The maximum atomic E-state index is 12.0. The molecular weight excluding hydrogens is 402 g/mol. The molecule has 0 aromatic heterocycles. The van der Waals surface area contributed by atoms with Gasteiger partial charge in [0.1, 0.15) is 30.3 Å². The Balaban J connectivity index is 1.47. The van der Waals surface area contributed by atoms with Crippen molar-refractivity contribution in [3.8, 4) is 11.5 Å². The second kappa shape index (κ2) is 10.8. The van der Waals surface area contributed by atoms with Crippen LogP contribution < -0.4 is 4.74 Å². The molecule has 1 unspecified atom stereocenters. The molecule has 1 atom stereocenters. The van der Waals surface area contributed by atoms with Crippen LogP contribution in [0.3, 0.4) is 0 Å². The largest absolute Gasteiger partial charge is 0.507 e. The predicted octanol–water partition coefficient (Wildman–Crippen LogP) is 2.60. The van der Waals surface area contributed by atoms with E-state index in [9.17, 15) is 14.7 Å². The maximum absolute atomic E-state index is 12.0.